The van der Waals surface area contributed by atoms with Gasteiger partial charge in [-0.25, -0.2) is 0 Å². The quantitative estimate of drug-likeness (QED) is 0.481. The fourth-order valence-electron chi connectivity index (χ4n) is 1.26. The maximum atomic E-state index is 3.16. The summed E-state index contributed by atoms with van der Waals surface area (Å²) in [7, 11) is 0. The molecule has 1 N–H and O–H groups in total. The molecular weight excluding hydrogens is 100 g/mol. The van der Waals surface area contributed by atoms with Gasteiger partial charge in [-0.2, -0.15) is 0 Å². The van der Waals surface area contributed by atoms with Crippen molar-refractivity contribution in [2.75, 3.05) is 0 Å². The first-order valence-electron chi connectivity index (χ1n) is 2.65. The van der Waals surface area contributed by atoms with Crippen molar-refractivity contribution in [1.29, 1.82) is 0 Å². The molecule has 0 fully saturated rings. The molecule has 3 aliphatic heterocycles. The predicted octanol–water partition coefficient (Wildman–Crippen LogP) is 0.485. The molecule has 0 atom stereocenters. The topological polar surface area (TPSA) is 15.3 Å². The van der Waals surface area contributed by atoms with Crippen LogP contribution >= 0.6 is 0 Å². The predicted molar refractivity (Wildman–Crippen MR) is 29.2 cm³/mol. The van der Waals surface area contributed by atoms with Gasteiger partial charge < -0.3 is 0 Å². The van der Waals surface area contributed by atoms with Crippen LogP contribution in [0.25, 0.3) is 0 Å². The number of hydrazine groups is 1. The van der Waals surface area contributed by atoms with Crippen LogP contribution in [-0.4, -0.2) is 5.01 Å². The monoisotopic (exact) mass is 104 g/mol. The van der Waals surface area contributed by atoms with Gasteiger partial charge in [-0.15, -0.1) is 0 Å². The highest BCUT2D eigenvalue weighted by Crippen LogP contribution is 2.37. The molecule has 3 aliphatic rings. The third-order valence-corrected chi connectivity index (χ3v) is 1.66. The van der Waals surface area contributed by atoms with Crippen LogP contribution < -0.4 is 5.43 Å². The molecule has 38 valence electrons. The standard InChI is InChI=1S/C6H4N2/c1-4-2-6-3-5(1)8(6)7-4/h1-3,7H. The lowest BCUT2D eigenvalue weighted by Gasteiger charge is -2.26. The van der Waals surface area contributed by atoms with Gasteiger partial charge in [-0.1, -0.05) is 0 Å². The van der Waals surface area contributed by atoms with Crippen molar-refractivity contribution in [2.45, 2.75) is 0 Å². The van der Waals surface area contributed by atoms with Crippen molar-refractivity contribution in [3.8, 4) is 0 Å². The highest BCUT2D eigenvalue weighted by Gasteiger charge is 2.32. The fourth-order valence-corrected chi connectivity index (χ4v) is 1.26. The third kappa shape index (κ3) is 0.135. The van der Waals surface area contributed by atoms with Crippen molar-refractivity contribution in [2.24, 2.45) is 0 Å². The number of nitrogens with zero attached hydrogens (tertiary/aromatic N) is 1. The molecule has 2 nitrogen and oxygen atoms in total. The highest BCUT2D eigenvalue weighted by molar-refractivity contribution is 5.56. The van der Waals surface area contributed by atoms with Gasteiger partial charge in [0.25, 0.3) is 0 Å². The highest BCUT2D eigenvalue weighted by atomic mass is 15.6. The van der Waals surface area contributed by atoms with Gasteiger partial charge in [0.05, 0.1) is 17.1 Å². The number of nitrogens with one attached hydrogen (secondary N) is 1. The van der Waals surface area contributed by atoms with Gasteiger partial charge >= 0.3 is 0 Å². The Kier molecular flexibility index (Phi) is 0.229. The van der Waals surface area contributed by atoms with Gasteiger partial charge in [-0.05, 0) is 18.2 Å². The van der Waals surface area contributed by atoms with Gasteiger partial charge in [-0.3, -0.25) is 10.4 Å². The summed E-state index contributed by atoms with van der Waals surface area (Å²) in [6.07, 6.45) is 6.42. The summed E-state index contributed by atoms with van der Waals surface area (Å²) < 4.78 is 0. The zero-order valence-corrected chi connectivity index (χ0v) is 4.18. The summed E-state index contributed by atoms with van der Waals surface area (Å²) in [6.45, 7) is 0. The zero-order valence-electron chi connectivity index (χ0n) is 4.18. The van der Waals surface area contributed by atoms with Crippen LogP contribution in [0.1, 0.15) is 0 Å². The smallest absolute Gasteiger partial charge is 0.0673 e. The maximum Gasteiger partial charge on any atom is 0.0673 e. The molecule has 0 aromatic heterocycles. The van der Waals surface area contributed by atoms with E-state index in [9.17, 15) is 0 Å². The van der Waals surface area contributed by atoms with Crippen LogP contribution in [0, 0.1) is 0 Å². The van der Waals surface area contributed by atoms with E-state index in [4.69, 9.17) is 0 Å². The number of hydrogen-bond donors (Lipinski definition) is 1. The second-order valence-electron chi connectivity index (χ2n) is 2.19. The second kappa shape index (κ2) is 0.616. The Balaban J connectivity index is 2.50. The van der Waals surface area contributed by atoms with Crippen LogP contribution in [0.2, 0.25) is 0 Å². The Bertz CT molecular complexity index is 237. The lowest BCUT2D eigenvalue weighted by Crippen LogP contribution is -2.30. The van der Waals surface area contributed by atoms with E-state index in [-0.39, 0.29) is 0 Å². The molecule has 0 amide bonds. The molecule has 0 aromatic rings. The lowest BCUT2D eigenvalue weighted by molar-refractivity contribution is 0.387. The van der Waals surface area contributed by atoms with Crippen molar-refractivity contribution < 1.29 is 0 Å². The zero-order chi connectivity index (χ0) is 5.14. The maximum absolute atomic E-state index is 3.16. The second-order valence-corrected chi connectivity index (χ2v) is 2.19. The molecule has 2 heteroatoms. The first kappa shape index (κ1) is 2.97. The molecular formula is C6H4N2. The van der Waals surface area contributed by atoms with Crippen molar-refractivity contribution >= 4 is 0 Å². The average molecular weight is 104 g/mol. The number of allylic oxidation sites excluding steroid dienone is 3. The fraction of sp³-hybridized carbons (Fsp3) is 0. The summed E-state index contributed by atoms with van der Waals surface area (Å²) >= 11 is 0. The van der Waals surface area contributed by atoms with Crippen LogP contribution in [0.4, 0.5) is 0 Å². The van der Waals surface area contributed by atoms with Crippen molar-refractivity contribution in [3.05, 3.63) is 35.3 Å². The number of rotatable bonds is 0. The Labute approximate surface area is 46.8 Å². The van der Waals surface area contributed by atoms with Gasteiger partial charge in [0.1, 0.15) is 0 Å². The molecule has 8 heavy (non-hydrogen) atoms. The molecule has 0 saturated carbocycles. The minimum absolute atomic E-state index is 1.23. The SMILES string of the molecule is C1=C2C=C3C=C1N3N2. The Hall–Kier alpha value is -1.18. The molecule has 3 rings (SSSR count). The number of hydrogen-bond acceptors (Lipinski definition) is 2. The van der Waals surface area contributed by atoms with Gasteiger partial charge in [0, 0.05) is 0 Å². The van der Waals surface area contributed by atoms with E-state index in [1.807, 2.05) is 0 Å². The van der Waals surface area contributed by atoms with E-state index in [1.165, 1.54) is 17.1 Å². The number of fused-ring (bicyclic) bond motifs is 1. The summed E-state index contributed by atoms with van der Waals surface area (Å²) in [4.78, 5) is 0. The normalized spacial score (nSPS) is 26.0. The largest absolute Gasteiger partial charge is 0.294 e. The van der Waals surface area contributed by atoms with Crippen molar-refractivity contribution in [3.63, 3.8) is 0 Å². The van der Waals surface area contributed by atoms with E-state index in [2.05, 4.69) is 28.7 Å². The summed E-state index contributed by atoms with van der Waals surface area (Å²) in [6, 6.07) is 0. The van der Waals surface area contributed by atoms with Crippen LogP contribution in [0.5, 0.6) is 0 Å². The summed E-state index contributed by atoms with van der Waals surface area (Å²) in [5.74, 6) is 0. The van der Waals surface area contributed by atoms with E-state index in [0.29, 0.717) is 0 Å². The molecule has 0 spiro atoms. The molecule has 2 bridgehead atoms. The molecule has 0 saturated heterocycles. The minimum Gasteiger partial charge on any atom is -0.294 e. The van der Waals surface area contributed by atoms with Crippen LogP contribution in [0.15, 0.2) is 35.3 Å². The Morgan fingerprint density at radius 2 is 2.00 bits per heavy atom. The lowest BCUT2D eigenvalue weighted by atomic mass is 10.1. The molecule has 3 heterocycles. The summed E-state index contributed by atoms with van der Waals surface area (Å²) in [5.41, 5.74) is 7.00. The third-order valence-electron chi connectivity index (χ3n) is 1.66. The van der Waals surface area contributed by atoms with E-state index >= 15 is 0 Å². The Morgan fingerprint density at radius 3 is 2.25 bits per heavy atom. The first-order valence-corrected chi connectivity index (χ1v) is 2.65. The molecule has 0 aliphatic carbocycles. The van der Waals surface area contributed by atoms with Crippen LogP contribution in [0.3, 0.4) is 0 Å². The van der Waals surface area contributed by atoms with E-state index in [0.717, 1.165) is 0 Å². The first-order chi connectivity index (χ1) is 3.93. The summed E-state index contributed by atoms with van der Waals surface area (Å²) in [5, 5.41) is 2.08. The van der Waals surface area contributed by atoms with E-state index < -0.39 is 0 Å². The Morgan fingerprint density at radius 1 is 1.12 bits per heavy atom. The van der Waals surface area contributed by atoms with Gasteiger partial charge in [0.2, 0.25) is 0 Å². The van der Waals surface area contributed by atoms with Crippen molar-refractivity contribution in [1.82, 2.24) is 10.4 Å². The molecule has 0 aromatic carbocycles. The van der Waals surface area contributed by atoms with E-state index in [1.54, 1.807) is 0 Å². The molecule has 0 unspecified atom stereocenters. The minimum atomic E-state index is 1.23. The average Bonchev–Trinajstić information content (AvgIpc) is 2.23. The molecule has 0 radical (unpaired) electrons. The van der Waals surface area contributed by atoms with Crippen LogP contribution in [-0.2, 0) is 0 Å². The van der Waals surface area contributed by atoms with Gasteiger partial charge in [0.15, 0.2) is 0 Å².